The van der Waals surface area contributed by atoms with Crippen molar-refractivity contribution in [3.8, 4) is 5.75 Å². The van der Waals surface area contributed by atoms with Crippen LogP contribution in [0.5, 0.6) is 5.75 Å². The lowest BCUT2D eigenvalue weighted by Crippen LogP contribution is -2.23. The fourth-order valence-corrected chi connectivity index (χ4v) is 2.68. The highest BCUT2D eigenvalue weighted by molar-refractivity contribution is 5.91. The molecule has 0 spiro atoms. The van der Waals surface area contributed by atoms with E-state index >= 15 is 0 Å². The number of phenolic OH excluding ortho intramolecular Hbond substituents is 1. The van der Waals surface area contributed by atoms with Crippen molar-refractivity contribution in [3.63, 3.8) is 0 Å². The van der Waals surface area contributed by atoms with Crippen LogP contribution in [0.4, 0.5) is 14.5 Å². The molecule has 0 unspecified atom stereocenters. The van der Waals surface area contributed by atoms with E-state index in [2.05, 4.69) is 0 Å². The van der Waals surface area contributed by atoms with Crippen LogP contribution < -0.4 is 10.3 Å². The summed E-state index contributed by atoms with van der Waals surface area (Å²) in [5.74, 6) is -2.07. The molecule has 0 fully saturated rings. The van der Waals surface area contributed by atoms with E-state index in [-0.39, 0.29) is 21.9 Å². The van der Waals surface area contributed by atoms with Gasteiger partial charge in [0.2, 0.25) is 5.43 Å². The molecule has 0 bridgehead atoms. The van der Waals surface area contributed by atoms with Crippen molar-refractivity contribution < 1.29 is 18.3 Å². The van der Waals surface area contributed by atoms with Crippen LogP contribution in [0, 0.1) is 11.6 Å². The molecule has 0 radical (unpaired) electrons. The molecule has 3 aromatic rings. The molecule has 1 N–H and O–H groups in total. The van der Waals surface area contributed by atoms with Gasteiger partial charge in [0.25, 0.3) is 0 Å². The van der Waals surface area contributed by atoms with Gasteiger partial charge in [0.05, 0.1) is 16.5 Å². The summed E-state index contributed by atoms with van der Waals surface area (Å²) in [4.78, 5) is 14.2. The molecule has 1 heterocycles. The molecule has 0 aliphatic carbocycles. The number of aromatic hydroxyl groups is 1. The van der Waals surface area contributed by atoms with Crippen LogP contribution >= 0.6 is 0 Å². The number of benzene rings is 2. The van der Waals surface area contributed by atoms with Crippen LogP contribution in [0.2, 0.25) is 0 Å². The van der Waals surface area contributed by atoms with E-state index in [0.717, 1.165) is 18.2 Å². The predicted molar refractivity (Wildman–Crippen MR) is 85.1 cm³/mol. The smallest absolute Gasteiger partial charge is 0.200 e. The zero-order chi connectivity index (χ0) is 16.7. The molecule has 6 heteroatoms. The first kappa shape index (κ1) is 15.3. The van der Waals surface area contributed by atoms with Gasteiger partial charge in [-0.05, 0) is 26.0 Å². The molecule has 0 aliphatic heterocycles. The Hall–Kier alpha value is -2.63. The molecule has 2 aromatic carbocycles. The van der Waals surface area contributed by atoms with Crippen molar-refractivity contribution in [3.05, 3.63) is 46.1 Å². The SMILES string of the molecule is CCN(CC)c1cc2oc3cc(O)c(F)cc3c(=O)c2cc1F. The molecule has 0 saturated carbocycles. The van der Waals surface area contributed by atoms with Gasteiger partial charge < -0.3 is 14.4 Å². The predicted octanol–water partition coefficient (Wildman–Crippen LogP) is 3.78. The van der Waals surface area contributed by atoms with Gasteiger partial charge in [-0.1, -0.05) is 0 Å². The van der Waals surface area contributed by atoms with E-state index in [1.807, 2.05) is 13.8 Å². The van der Waals surface area contributed by atoms with Gasteiger partial charge in [0.1, 0.15) is 17.0 Å². The minimum Gasteiger partial charge on any atom is -0.505 e. The zero-order valence-electron chi connectivity index (χ0n) is 12.7. The molecule has 23 heavy (non-hydrogen) atoms. The van der Waals surface area contributed by atoms with Crippen LogP contribution in [0.1, 0.15) is 13.8 Å². The third kappa shape index (κ3) is 2.40. The van der Waals surface area contributed by atoms with E-state index in [9.17, 15) is 18.7 Å². The number of halogens is 2. The molecular weight excluding hydrogens is 304 g/mol. The lowest BCUT2D eigenvalue weighted by molar-refractivity contribution is 0.432. The molecule has 3 rings (SSSR count). The second-order valence-electron chi connectivity index (χ2n) is 5.20. The number of fused-ring (bicyclic) bond motifs is 2. The summed E-state index contributed by atoms with van der Waals surface area (Å²) in [6.45, 7) is 4.99. The quantitative estimate of drug-likeness (QED) is 0.747. The van der Waals surface area contributed by atoms with Crippen LogP contribution in [0.25, 0.3) is 21.9 Å². The molecule has 1 aromatic heterocycles. The van der Waals surface area contributed by atoms with Crippen LogP contribution in [-0.4, -0.2) is 18.2 Å². The minimum atomic E-state index is -0.926. The molecule has 4 nitrogen and oxygen atoms in total. The van der Waals surface area contributed by atoms with E-state index in [4.69, 9.17) is 4.42 Å². The van der Waals surface area contributed by atoms with Crippen LogP contribution in [0.15, 0.2) is 33.5 Å². The van der Waals surface area contributed by atoms with Gasteiger partial charge in [-0.3, -0.25) is 4.79 Å². The topological polar surface area (TPSA) is 53.7 Å². The van der Waals surface area contributed by atoms with Gasteiger partial charge in [-0.2, -0.15) is 0 Å². The lowest BCUT2D eigenvalue weighted by atomic mass is 10.1. The number of nitrogens with zero attached hydrogens (tertiary/aromatic N) is 1. The standard InChI is InChI=1S/C17H15F2NO3/c1-3-20(4-2)13-7-15-9(5-11(13)18)17(22)10-6-12(19)14(21)8-16(10)23-15/h5-8,21H,3-4H2,1-2H3. The van der Waals surface area contributed by atoms with E-state index in [1.54, 1.807) is 4.90 Å². The van der Waals surface area contributed by atoms with Gasteiger partial charge >= 0.3 is 0 Å². The Morgan fingerprint density at radius 1 is 1.00 bits per heavy atom. The zero-order valence-corrected chi connectivity index (χ0v) is 12.7. The highest BCUT2D eigenvalue weighted by Gasteiger charge is 2.16. The van der Waals surface area contributed by atoms with Crippen LogP contribution in [0.3, 0.4) is 0 Å². The average Bonchev–Trinajstić information content (AvgIpc) is 2.52. The van der Waals surface area contributed by atoms with Crippen molar-refractivity contribution in [2.45, 2.75) is 13.8 Å². The third-order valence-electron chi connectivity index (χ3n) is 3.91. The molecule has 0 atom stereocenters. The maximum atomic E-state index is 14.3. The Bertz CT molecular complexity index is 962. The molecule has 0 aliphatic rings. The number of rotatable bonds is 3. The summed E-state index contributed by atoms with van der Waals surface area (Å²) in [6.07, 6.45) is 0. The maximum Gasteiger partial charge on any atom is 0.200 e. The molecule has 0 saturated heterocycles. The second-order valence-corrected chi connectivity index (χ2v) is 5.20. The van der Waals surface area contributed by atoms with Crippen LogP contribution in [-0.2, 0) is 0 Å². The summed E-state index contributed by atoms with van der Waals surface area (Å²) >= 11 is 0. The Morgan fingerprint density at radius 3 is 2.17 bits per heavy atom. The number of hydrogen-bond acceptors (Lipinski definition) is 4. The summed E-state index contributed by atoms with van der Waals surface area (Å²) in [7, 11) is 0. The lowest BCUT2D eigenvalue weighted by Gasteiger charge is -2.21. The first-order valence-electron chi connectivity index (χ1n) is 7.29. The van der Waals surface area contributed by atoms with Gasteiger partial charge in [-0.25, -0.2) is 8.78 Å². The summed E-state index contributed by atoms with van der Waals surface area (Å²) in [6, 6.07) is 4.51. The summed E-state index contributed by atoms with van der Waals surface area (Å²) < 4.78 is 33.4. The highest BCUT2D eigenvalue weighted by atomic mass is 19.1. The Balaban J connectivity index is 2.38. The van der Waals surface area contributed by atoms with Crippen molar-refractivity contribution in [2.24, 2.45) is 0 Å². The summed E-state index contributed by atoms with van der Waals surface area (Å²) in [5, 5.41) is 9.44. The molecular formula is C17H15F2NO3. The largest absolute Gasteiger partial charge is 0.505 e. The van der Waals surface area contributed by atoms with Gasteiger partial charge in [-0.15, -0.1) is 0 Å². The highest BCUT2D eigenvalue weighted by Crippen LogP contribution is 2.29. The Morgan fingerprint density at radius 2 is 1.57 bits per heavy atom. The van der Waals surface area contributed by atoms with Crippen molar-refractivity contribution in [2.75, 3.05) is 18.0 Å². The van der Waals surface area contributed by atoms with Crippen molar-refractivity contribution in [1.29, 1.82) is 0 Å². The Kier molecular flexibility index (Phi) is 3.67. The van der Waals surface area contributed by atoms with Gasteiger partial charge in [0, 0.05) is 25.2 Å². The minimum absolute atomic E-state index is 0.0380. The van der Waals surface area contributed by atoms with Crippen molar-refractivity contribution >= 4 is 27.6 Å². The monoisotopic (exact) mass is 319 g/mol. The number of hydrogen-bond donors (Lipinski definition) is 1. The molecule has 120 valence electrons. The third-order valence-corrected chi connectivity index (χ3v) is 3.91. The molecule has 0 amide bonds. The first-order valence-corrected chi connectivity index (χ1v) is 7.29. The number of anilines is 1. The van der Waals surface area contributed by atoms with Gasteiger partial charge in [0.15, 0.2) is 11.6 Å². The fourth-order valence-electron chi connectivity index (χ4n) is 2.68. The normalized spacial score (nSPS) is 11.3. The first-order chi connectivity index (χ1) is 11.0. The van der Waals surface area contributed by atoms with E-state index < -0.39 is 22.8 Å². The second kappa shape index (κ2) is 5.53. The number of phenols is 1. The Labute approximate surface area is 130 Å². The summed E-state index contributed by atoms with van der Waals surface area (Å²) in [5.41, 5.74) is 0.0387. The average molecular weight is 319 g/mol. The maximum absolute atomic E-state index is 14.3. The van der Waals surface area contributed by atoms with Crippen molar-refractivity contribution in [1.82, 2.24) is 0 Å². The van der Waals surface area contributed by atoms with E-state index in [1.165, 1.54) is 6.07 Å². The fraction of sp³-hybridized carbons (Fsp3) is 0.235. The van der Waals surface area contributed by atoms with E-state index in [0.29, 0.717) is 18.8 Å².